The number of nitrogens with two attached hydrogens (primary N) is 1. The van der Waals surface area contributed by atoms with E-state index in [1.165, 1.54) is 0 Å². The first-order valence-electron chi connectivity index (χ1n) is 8.45. The van der Waals surface area contributed by atoms with Gasteiger partial charge in [-0.3, -0.25) is 9.78 Å². The minimum atomic E-state index is -3.30. The monoisotopic (exact) mass is 376 g/mol. The molecule has 2 aromatic rings. The Bertz CT molecular complexity index is 808. The van der Waals surface area contributed by atoms with Gasteiger partial charge in [0.25, 0.3) is 5.91 Å². The van der Waals surface area contributed by atoms with Gasteiger partial charge in [0.2, 0.25) is 10.0 Å². The molecule has 1 unspecified atom stereocenters. The van der Waals surface area contributed by atoms with E-state index in [1.54, 1.807) is 48.8 Å². The first-order chi connectivity index (χ1) is 12.4. The maximum absolute atomic E-state index is 12.2. The number of nitrogens with one attached hydrogen (secondary N) is 2. The van der Waals surface area contributed by atoms with E-state index in [-0.39, 0.29) is 18.2 Å². The summed E-state index contributed by atoms with van der Waals surface area (Å²) in [6.45, 7) is 2.06. The Morgan fingerprint density at radius 1 is 1.15 bits per heavy atom. The minimum absolute atomic E-state index is 0.102. The first kappa shape index (κ1) is 20.0. The van der Waals surface area contributed by atoms with Crippen LogP contribution in [0.3, 0.4) is 0 Å². The molecule has 0 bridgehead atoms. The van der Waals surface area contributed by atoms with Gasteiger partial charge in [-0.2, -0.15) is 0 Å². The number of hydrogen-bond acceptors (Lipinski definition) is 5. The third-order valence-electron chi connectivity index (χ3n) is 3.83. The standard InChI is InChI=1S/C18H24N4O3S/c1-2-3-12-26(24,25)21-13-17(19)14-4-6-15(7-5-14)18(23)22-16-8-10-20-11-9-16/h4-11,17,21H,2-3,12-13,19H2,1H3,(H,20,22,23). The Hall–Kier alpha value is -2.29. The molecule has 2 rings (SSSR count). The Labute approximate surface area is 154 Å². The van der Waals surface area contributed by atoms with Gasteiger partial charge in [0.05, 0.1) is 5.75 Å². The van der Waals surface area contributed by atoms with E-state index in [4.69, 9.17) is 5.73 Å². The summed E-state index contributed by atoms with van der Waals surface area (Å²) in [5, 5.41) is 2.77. The first-order valence-corrected chi connectivity index (χ1v) is 10.1. The second kappa shape index (κ2) is 9.42. The molecule has 140 valence electrons. The van der Waals surface area contributed by atoms with Gasteiger partial charge in [-0.1, -0.05) is 25.5 Å². The fraction of sp³-hybridized carbons (Fsp3) is 0.333. The van der Waals surface area contributed by atoms with Crippen molar-refractivity contribution in [3.05, 3.63) is 59.9 Å². The zero-order valence-electron chi connectivity index (χ0n) is 14.7. The van der Waals surface area contributed by atoms with Crippen LogP contribution in [0.1, 0.15) is 41.7 Å². The molecule has 1 atom stereocenters. The van der Waals surface area contributed by atoms with Crippen molar-refractivity contribution in [3.8, 4) is 0 Å². The van der Waals surface area contributed by atoms with Crippen molar-refractivity contribution in [2.75, 3.05) is 17.6 Å². The third kappa shape index (κ3) is 6.21. The van der Waals surface area contributed by atoms with Gasteiger partial charge in [0.15, 0.2) is 0 Å². The Morgan fingerprint density at radius 2 is 1.81 bits per heavy atom. The van der Waals surface area contributed by atoms with E-state index in [0.717, 1.165) is 12.0 Å². The largest absolute Gasteiger partial charge is 0.323 e. The van der Waals surface area contributed by atoms with Gasteiger partial charge in [0.1, 0.15) is 0 Å². The summed E-state index contributed by atoms with van der Waals surface area (Å²) in [5.74, 6) is -0.138. The van der Waals surface area contributed by atoms with Gasteiger partial charge in [-0.05, 0) is 36.2 Å². The van der Waals surface area contributed by atoms with Crippen LogP contribution in [0.4, 0.5) is 5.69 Å². The average Bonchev–Trinajstić information content (AvgIpc) is 2.65. The highest BCUT2D eigenvalue weighted by atomic mass is 32.2. The topological polar surface area (TPSA) is 114 Å². The number of nitrogens with zero attached hydrogens (tertiary/aromatic N) is 1. The normalized spacial score (nSPS) is 12.5. The van der Waals surface area contributed by atoms with E-state index in [2.05, 4.69) is 15.0 Å². The Morgan fingerprint density at radius 3 is 2.42 bits per heavy atom. The quantitative estimate of drug-likeness (QED) is 0.620. The molecule has 26 heavy (non-hydrogen) atoms. The number of amides is 1. The molecule has 0 aliphatic heterocycles. The van der Waals surface area contributed by atoms with E-state index >= 15 is 0 Å². The van der Waals surface area contributed by atoms with E-state index < -0.39 is 16.1 Å². The molecule has 0 fully saturated rings. The van der Waals surface area contributed by atoms with Crippen LogP contribution in [-0.4, -0.2) is 31.6 Å². The Kier molecular flexibility index (Phi) is 7.26. The lowest BCUT2D eigenvalue weighted by atomic mass is 10.1. The summed E-state index contributed by atoms with van der Waals surface area (Å²) >= 11 is 0. The molecule has 1 aromatic heterocycles. The van der Waals surface area contributed by atoms with Crippen LogP contribution < -0.4 is 15.8 Å². The summed E-state index contributed by atoms with van der Waals surface area (Å²) in [5.41, 5.74) is 7.95. The number of hydrogen-bond donors (Lipinski definition) is 3. The maximum atomic E-state index is 12.2. The molecular weight excluding hydrogens is 352 g/mol. The van der Waals surface area contributed by atoms with Crippen molar-refractivity contribution in [3.63, 3.8) is 0 Å². The van der Waals surface area contributed by atoms with Crippen LogP contribution in [0, 0.1) is 0 Å². The number of unbranched alkanes of at least 4 members (excludes halogenated alkanes) is 1. The highest BCUT2D eigenvalue weighted by Crippen LogP contribution is 2.13. The van der Waals surface area contributed by atoms with E-state index in [1.807, 2.05) is 6.92 Å². The fourth-order valence-electron chi connectivity index (χ4n) is 2.26. The predicted octanol–water partition coefficient (Wildman–Crippen LogP) is 2.05. The molecule has 0 radical (unpaired) electrons. The molecule has 1 amide bonds. The van der Waals surface area contributed by atoms with Crippen molar-refractivity contribution in [2.45, 2.75) is 25.8 Å². The zero-order chi connectivity index (χ0) is 19.0. The summed E-state index contributed by atoms with van der Waals surface area (Å²) in [7, 11) is -3.30. The van der Waals surface area contributed by atoms with Crippen LogP contribution in [0.2, 0.25) is 0 Å². The number of aromatic nitrogens is 1. The minimum Gasteiger partial charge on any atom is -0.323 e. The smallest absolute Gasteiger partial charge is 0.255 e. The molecule has 1 heterocycles. The van der Waals surface area contributed by atoms with Crippen LogP contribution in [0.5, 0.6) is 0 Å². The van der Waals surface area contributed by atoms with Crippen molar-refractivity contribution in [1.82, 2.24) is 9.71 Å². The number of rotatable bonds is 9. The van der Waals surface area contributed by atoms with Crippen LogP contribution in [-0.2, 0) is 10.0 Å². The summed E-state index contributed by atoms with van der Waals surface area (Å²) in [6.07, 6.45) is 4.63. The highest BCUT2D eigenvalue weighted by molar-refractivity contribution is 7.89. The summed E-state index contributed by atoms with van der Waals surface area (Å²) in [6, 6.07) is 9.71. The molecule has 1 aromatic carbocycles. The third-order valence-corrected chi connectivity index (χ3v) is 5.26. The highest BCUT2D eigenvalue weighted by Gasteiger charge is 2.14. The van der Waals surface area contributed by atoms with E-state index in [0.29, 0.717) is 17.7 Å². The van der Waals surface area contributed by atoms with E-state index in [9.17, 15) is 13.2 Å². The molecule has 7 nitrogen and oxygen atoms in total. The van der Waals surface area contributed by atoms with Crippen LogP contribution in [0.25, 0.3) is 0 Å². The SMILES string of the molecule is CCCCS(=O)(=O)NCC(N)c1ccc(C(=O)Nc2ccncc2)cc1. The summed E-state index contributed by atoms with van der Waals surface area (Å²) < 4.78 is 26.2. The lowest BCUT2D eigenvalue weighted by Gasteiger charge is -2.14. The number of carbonyl (C=O) groups is 1. The fourth-order valence-corrected chi connectivity index (χ4v) is 3.51. The lowest BCUT2D eigenvalue weighted by molar-refractivity contribution is 0.102. The van der Waals surface area contributed by atoms with Crippen molar-refractivity contribution in [1.29, 1.82) is 0 Å². The summed E-state index contributed by atoms with van der Waals surface area (Å²) in [4.78, 5) is 16.1. The van der Waals surface area contributed by atoms with Gasteiger partial charge in [-0.25, -0.2) is 13.1 Å². The number of benzene rings is 1. The van der Waals surface area contributed by atoms with Crippen LogP contribution in [0.15, 0.2) is 48.8 Å². The van der Waals surface area contributed by atoms with Gasteiger partial charge in [-0.15, -0.1) is 0 Å². The number of pyridine rings is 1. The second-order valence-corrected chi connectivity index (χ2v) is 7.87. The Balaban J connectivity index is 1.92. The predicted molar refractivity (Wildman–Crippen MR) is 102 cm³/mol. The zero-order valence-corrected chi connectivity index (χ0v) is 15.5. The molecule has 0 aliphatic rings. The lowest BCUT2D eigenvalue weighted by Crippen LogP contribution is -2.33. The van der Waals surface area contributed by atoms with Gasteiger partial charge in [0, 0.05) is 36.2 Å². The van der Waals surface area contributed by atoms with Gasteiger partial charge < -0.3 is 11.1 Å². The molecule has 0 spiro atoms. The van der Waals surface area contributed by atoms with Crippen molar-refractivity contribution in [2.24, 2.45) is 5.73 Å². The van der Waals surface area contributed by atoms with Crippen molar-refractivity contribution >= 4 is 21.6 Å². The number of sulfonamides is 1. The molecule has 0 saturated heterocycles. The van der Waals surface area contributed by atoms with Gasteiger partial charge >= 0.3 is 0 Å². The maximum Gasteiger partial charge on any atom is 0.255 e. The van der Waals surface area contributed by atoms with Crippen molar-refractivity contribution < 1.29 is 13.2 Å². The second-order valence-electron chi connectivity index (χ2n) is 5.94. The molecule has 4 N–H and O–H groups in total. The molecule has 0 aliphatic carbocycles. The molecule has 0 saturated carbocycles. The van der Waals surface area contributed by atoms with Crippen LogP contribution >= 0.6 is 0 Å². The molecular formula is C18H24N4O3S. The number of anilines is 1. The number of carbonyl (C=O) groups excluding carboxylic acids is 1. The molecule has 8 heteroatoms. The average molecular weight is 376 g/mol.